The molecule has 0 bridgehead atoms. The van der Waals surface area contributed by atoms with Gasteiger partial charge in [0, 0.05) is 12.0 Å². The summed E-state index contributed by atoms with van der Waals surface area (Å²) in [5.41, 5.74) is 0.745. The van der Waals surface area contributed by atoms with Gasteiger partial charge < -0.3 is 14.8 Å². The van der Waals surface area contributed by atoms with Gasteiger partial charge >= 0.3 is 5.97 Å². The van der Waals surface area contributed by atoms with E-state index in [0.29, 0.717) is 25.7 Å². The van der Waals surface area contributed by atoms with Crippen LogP contribution < -0.4 is 5.32 Å². The second kappa shape index (κ2) is 8.92. The first-order valence-corrected chi connectivity index (χ1v) is 7.89. The molecule has 6 heteroatoms. The number of rotatable bonds is 9. The quantitative estimate of drug-likeness (QED) is 0.711. The fourth-order valence-electron chi connectivity index (χ4n) is 1.62. The van der Waals surface area contributed by atoms with Crippen LogP contribution in [0.15, 0.2) is 5.38 Å². The van der Waals surface area contributed by atoms with Gasteiger partial charge in [0.1, 0.15) is 0 Å². The van der Waals surface area contributed by atoms with E-state index < -0.39 is 0 Å². The molecule has 0 aliphatic heterocycles. The lowest BCUT2D eigenvalue weighted by Gasteiger charge is -2.21. The second-order valence-electron chi connectivity index (χ2n) is 4.78. The molecule has 1 aromatic heterocycles. The summed E-state index contributed by atoms with van der Waals surface area (Å²) >= 11 is 1.50. The highest BCUT2D eigenvalue weighted by Gasteiger charge is 2.15. The zero-order valence-corrected chi connectivity index (χ0v) is 13.5. The zero-order valence-electron chi connectivity index (χ0n) is 12.6. The van der Waals surface area contributed by atoms with E-state index in [1.54, 1.807) is 6.92 Å². The van der Waals surface area contributed by atoms with Crippen LogP contribution in [-0.4, -0.2) is 36.8 Å². The molecule has 20 heavy (non-hydrogen) atoms. The summed E-state index contributed by atoms with van der Waals surface area (Å²) in [6, 6.07) is 0.219. The third-order valence-electron chi connectivity index (χ3n) is 2.80. The van der Waals surface area contributed by atoms with Crippen molar-refractivity contribution in [1.29, 1.82) is 0 Å². The molecule has 0 spiro atoms. The number of hydrogen-bond acceptors (Lipinski definition) is 6. The summed E-state index contributed by atoms with van der Waals surface area (Å²) in [5, 5.41) is 6.08. The van der Waals surface area contributed by atoms with Gasteiger partial charge in [-0.2, -0.15) is 0 Å². The van der Waals surface area contributed by atoms with Gasteiger partial charge in [-0.1, -0.05) is 13.8 Å². The van der Waals surface area contributed by atoms with Gasteiger partial charge in [0.15, 0.2) is 5.13 Å². The zero-order chi connectivity index (χ0) is 15.0. The first-order valence-electron chi connectivity index (χ1n) is 7.01. The van der Waals surface area contributed by atoms with E-state index in [1.165, 1.54) is 11.3 Å². The molecule has 0 aliphatic carbocycles. The number of nitrogens with zero attached hydrogens (tertiary/aromatic N) is 1. The van der Waals surface area contributed by atoms with Crippen LogP contribution in [0.4, 0.5) is 5.13 Å². The topological polar surface area (TPSA) is 60.5 Å². The molecule has 5 nitrogen and oxygen atoms in total. The average Bonchev–Trinajstić information content (AvgIpc) is 2.81. The molecule has 0 saturated carbocycles. The number of nitrogens with one attached hydrogen (secondary N) is 1. The number of carbonyl (C=O) groups is 1. The molecule has 1 N–H and O–H groups in total. The molecule has 0 amide bonds. The smallest absolute Gasteiger partial charge is 0.311 e. The minimum absolute atomic E-state index is 0.219. The second-order valence-corrected chi connectivity index (χ2v) is 5.64. The van der Waals surface area contributed by atoms with Crippen molar-refractivity contribution in [3.05, 3.63) is 11.1 Å². The molecule has 1 unspecified atom stereocenters. The number of hydrogen-bond donors (Lipinski definition) is 1. The Hall–Kier alpha value is -1.14. The minimum Gasteiger partial charge on any atom is -0.466 e. The molecule has 1 rings (SSSR count). The number of esters is 1. The molecule has 0 radical (unpaired) electrons. The lowest BCUT2D eigenvalue weighted by molar-refractivity contribution is -0.142. The molecule has 1 atom stereocenters. The van der Waals surface area contributed by atoms with Crippen molar-refractivity contribution < 1.29 is 14.3 Å². The van der Waals surface area contributed by atoms with Crippen molar-refractivity contribution in [3.63, 3.8) is 0 Å². The van der Waals surface area contributed by atoms with Crippen LogP contribution in [0.25, 0.3) is 0 Å². The average molecular weight is 300 g/mol. The van der Waals surface area contributed by atoms with E-state index in [4.69, 9.17) is 9.47 Å². The first kappa shape index (κ1) is 16.9. The summed E-state index contributed by atoms with van der Waals surface area (Å²) in [5.74, 6) is 0.207. The minimum atomic E-state index is -0.237. The van der Waals surface area contributed by atoms with Crippen LogP contribution >= 0.6 is 11.3 Å². The third kappa shape index (κ3) is 5.88. The third-order valence-corrected chi connectivity index (χ3v) is 3.62. The van der Waals surface area contributed by atoms with Crippen LogP contribution in [0.2, 0.25) is 0 Å². The standard InChI is InChI=1S/C14H24N2O3S/c1-5-18-8-12(10(3)4)16-14-15-11(9-20-14)7-13(17)19-6-2/h9-10,12H,5-8H2,1-4H3,(H,15,16). The van der Waals surface area contributed by atoms with Crippen molar-refractivity contribution >= 4 is 22.4 Å². The largest absolute Gasteiger partial charge is 0.466 e. The van der Waals surface area contributed by atoms with Gasteiger partial charge in [0.05, 0.1) is 31.4 Å². The van der Waals surface area contributed by atoms with Gasteiger partial charge in [0.25, 0.3) is 0 Å². The predicted molar refractivity (Wildman–Crippen MR) is 81.2 cm³/mol. The van der Waals surface area contributed by atoms with E-state index in [2.05, 4.69) is 24.1 Å². The Morgan fingerprint density at radius 2 is 2.15 bits per heavy atom. The fraction of sp³-hybridized carbons (Fsp3) is 0.714. The van der Waals surface area contributed by atoms with Crippen LogP contribution in [0.3, 0.4) is 0 Å². The molecule has 0 fully saturated rings. The first-order chi connectivity index (χ1) is 9.56. The van der Waals surface area contributed by atoms with Gasteiger partial charge in [-0.15, -0.1) is 11.3 Å². The van der Waals surface area contributed by atoms with Crippen molar-refractivity contribution in [2.75, 3.05) is 25.1 Å². The lowest BCUT2D eigenvalue weighted by atomic mass is 10.1. The Balaban J connectivity index is 2.54. The van der Waals surface area contributed by atoms with Crippen LogP contribution in [0.5, 0.6) is 0 Å². The maximum atomic E-state index is 11.4. The monoisotopic (exact) mass is 300 g/mol. The summed E-state index contributed by atoms with van der Waals surface area (Å²) in [6.07, 6.45) is 0.226. The fourth-order valence-corrected chi connectivity index (χ4v) is 2.39. The van der Waals surface area contributed by atoms with Crippen molar-refractivity contribution in [2.45, 2.75) is 40.2 Å². The molecule has 0 aliphatic rings. The number of thiazole rings is 1. The van der Waals surface area contributed by atoms with E-state index in [-0.39, 0.29) is 18.4 Å². The molecule has 114 valence electrons. The maximum Gasteiger partial charge on any atom is 0.311 e. The van der Waals surface area contributed by atoms with Crippen LogP contribution in [0.1, 0.15) is 33.4 Å². The van der Waals surface area contributed by atoms with Crippen molar-refractivity contribution in [2.24, 2.45) is 5.92 Å². The van der Waals surface area contributed by atoms with E-state index in [0.717, 1.165) is 10.8 Å². The van der Waals surface area contributed by atoms with Gasteiger partial charge in [-0.3, -0.25) is 4.79 Å². The highest BCUT2D eigenvalue weighted by atomic mass is 32.1. The Morgan fingerprint density at radius 1 is 1.40 bits per heavy atom. The molecule has 0 saturated heterocycles. The van der Waals surface area contributed by atoms with E-state index in [1.807, 2.05) is 12.3 Å². The maximum absolute atomic E-state index is 11.4. The predicted octanol–water partition coefficient (Wildman–Crippen LogP) is 2.72. The Bertz CT molecular complexity index is 407. The Morgan fingerprint density at radius 3 is 2.75 bits per heavy atom. The molecular weight excluding hydrogens is 276 g/mol. The highest BCUT2D eigenvalue weighted by Crippen LogP contribution is 2.19. The summed E-state index contributed by atoms with van der Waals surface area (Å²) in [6.45, 7) is 9.83. The molecule has 1 heterocycles. The van der Waals surface area contributed by atoms with Crippen LogP contribution in [0, 0.1) is 5.92 Å². The van der Waals surface area contributed by atoms with Gasteiger partial charge in [-0.25, -0.2) is 4.98 Å². The molecule has 0 aromatic carbocycles. The molecule has 1 aromatic rings. The van der Waals surface area contributed by atoms with Gasteiger partial charge in [0.2, 0.25) is 0 Å². The Kier molecular flexibility index (Phi) is 7.54. The van der Waals surface area contributed by atoms with E-state index >= 15 is 0 Å². The summed E-state index contributed by atoms with van der Waals surface area (Å²) < 4.78 is 10.4. The van der Waals surface area contributed by atoms with Crippen molar-refractivity contribution in [3.8, 4) is 0 Å². The SMILES string of the molecule is CCOCC(Nc1nc(CC(=O)OCC)cs1)C(C)C. The summed E-state index contributed by atoms with van der Waals surface area (Å²) in [4.78, 5) is 15.8. The number of carbonyl (C=O) groups excluding carboxylic acids is 1. The number of anilines is 1. The van der Waals surface area contributed by atoms with E-state index in [9.17, 15) is 4.79 Å². The molecular formula is C14H24N2O3S. The lowest BCUT2D eigenvalue weighted by Crippen LogP contribution is -2.30. The summed E-state index contributed by atoms with van der Waals surface area (Å²) in [7, 11) is 0. The number of aromatic nitrogens is 1. The Labute approximate surface area is 124 Å². The highest BCUT2D eigenvalue weighted by molar-refractivity contribution is 7.13. The van der Waals surface area contributed by atoms with Gasteiger partial charge in [-0.05, 0) is 19.8 Å². The number of ether oxygens (including phenoxy) is 2. The van der Waals surface area contributed by atoms with Crippen molar-refractivity contribution in [1.82, 2.24) is 4.98 Å². The normalized spacial score (nSPS) is 12.4. The van der Waals surface area contributed by atoms with Crippen LogP contribution in [-0.2, 0) is 20.7 Å².